The van der Waals surface area contributed by atoms with Crippen LogP contribution in [0.3, 0.4) is 0 Å². The predicted molar refractivity (Wildman–Crippen MR) is 69.1 cm³/mol. The second-order valence-electron chi connectivity index (χ2n) is 4.55. The zero-order chi connectivity index (χ0) is 14.5. The summed E-state index contributed by atoms with van der Waals surface area (Å²) in [5.41, 5.74) is 5.33. The molecule has 0 unspecified atom stereocenters. The van der Waals surface area contributed by atoms with Gasteiger partial charge in [-0.15, -0.1) is 0 Å². The van der Waals surface area contributed by atoms with Crippen molar-refractivity contribution in [2.24, 2.45) is 5.73 Å². The summed E-state index contributed by atoms with van der Waals surface area (Å²) in [6.45, 7) is 2.04. The monoisotopic (exact) mass is 275 g/mol. The molecule has 0 spiro atoms. The van der Waals surface area contributed by atoms with Crippen molar-refractivity contribution in [3.63, 3.8) is 0 Å². The van der Waals surface area contributed by atoms with E-state index in [1.165, 1.54) is 19.2 Å². The molecule has 0 bridgehead atoms. The molecular weight excluding hydrogens is 255 g/mol. The number of halogens is 3. The van der Waals surface area contributed by atoms with Gasteiger partial charge < -0.3 is 10.5 Å². The fourth-order valence-electron chi connectivity index (χ4n) is 2.00. The molecule has 0 aliphatic heterocycles. The highest BCUT2D eigenvalue weighted by Crippen LogP contribution is 2.37. The first-order valence-corrected chi connectivity index (χ1v) is 6.40. The summed E-state index contributed by atoms with van der Waals surface area (Å²) in [6, 6.07) is 3.35. The Hall–Kier alpha value is -1.23. The van der Waals surface area contributed by atoms with Gasteiger partial charge in [0.05, 0.1) is 12.7 Å². The maximum Gasteiger partial charge on any atom is 0.416 e. The van der Waals surface area contributed by atoms with Gasteiger partial charge in [0, 0.05) is 6.04 Å². The molecule has 2 N–H and O–H groups in total. The molecule has 1 aromatic carbocycles. The second-order valence-corrected chi connectivity index (χ2v) is 4.55. The van der Waals surface area contributed by atoms with Crippen LogP contribution >= 0.6 is 0 Å². The summed E-state index contributed by atoms with van der Waals surface area (Å²) >= 11 is 0. The molecule has 1 atom stereocenters. The molecule has 2 nitrogen and oxygen atoms in total. The van der Waals surface area contributed by atoms with Crippen LogP contribution in [-0.4, -0.2) is 7.11 Å². The lowest BCUT2D eigenvalue weighted by atomic mass is 9.96. The van der Waals surface area contributed by atoms with Crippen molar-refractivity contribution in [3.05, 3.63) is 29.3 Å². The minimum atomic E-state index is -4.41. The number of nitrogens with two attached hydrogens (primary N) is 1. The average Bonchev–Trinajstić information content (AvgIpc) is 2.37. The summed E-state index contributed by atoms with van der Waals surface area (Å²) in [5, 5.41) is 0. The number of methoxy groups -OCH3 is 1. The van der Waals surface area contributed by atoms with Crippen LogP contribution in [0.2, 0.25) is 0 Å². The Balaban J connectivity index is 2.98. The summed E-state index contributed by atoms with van der Waals surface area (Å²) in [6.07, 6.45) is -1.02. The fraction of sp³-hybridized carbons (Fsp3) is 0.571. The van der Waals surface area contributed by atoms with E-state index in [0.29, 0.717) is 6.42 Å². The molecule has 0 saturated heterocycles. The van der Waals surface area contributed by atoms with E-state index in [-0.39, 0.29) is 11.3 Å². The van der Waals surface area contributed by atoms with E-state index in [2.05, 4.69) is 0 Å². The van der Waals surface area contributed by atoms with E-state index < -0.39 is 17.8 Å². The van der Waals surface area contributed by atoms with Crippen LogP contribution in [0, 0.1) is 0 Å². The Kier molecular flexibility index (Phi) is 5.66. The third-order valence-corrected chi connectivity index (χ3v) is 3.08. The van der Waals surface area contributed by atoms with Crippen molar-refractivity contribution >= 4 is 0 Å². The molecule has 1 rings (SSSR count). The third kappa shape index (κ3) is 4.42. The highest BCUT2D eigenvalue weighted by Gasteiger charge is 2.35. The fourth-order valence-corrected chi connectivity index (χ4v) is 2.00. The standard InChI is InChI=1S/C14H20F3NO/c1-3-4-5-6-13(18)11-8-7-10(19-2)9-12(11)14(15,16)17/h7-9,13H,3-6,18H2,1-2H3/t13-/m0/s1. The predicted octanol–water partition coefficient (Wildman–Crippen LogP) is 4.29. The molecule has 1 aromatic rings. The van der Waals surface area contributed by atoms with Gasteiger partial charge in [0.1, 0.15) is 5.75 Å². The first kappa shape index (κ1) is 15.8. The van der Waals surface area contributed by atoms with Crippen LogP contribution in [0.1, 0.15) is 49.8 Å². The molecule has 19 heavy (non-hydrogen) atoms. The van der Waals surface area contributed by atoms with Crippen molar-refractivity contribution < 1.29 is 17.9 Å². The quantitative estimate of drug-likeness (QED) is 0.786. The number of hydrogen-bond donors (Lipinski definition) is 1. The van der Waals surface area contributed by atoms with Crippen LogP contribution < -0.4 is 10.5 Å². The number of benzene rings is 1. The van der Waals surface area contributed by atoms with E-state index in [1.54, 1.807) is 0 Å². The minimum absolute atomic E-state index is 0.143. The molecule has 108 valence electrons. The number of rotatable bonds is 6. The van der Waals surface area contributed by atoms with Gasteiger partial charge in [-0.2, -0.15) is 13.2 Å². The average molecular weight is 275 g/mol. The van der Waals surface area contributed by atoms with Crippen molar-refractivity contribution in [1.82, 2.24) is 0 Å². The van der Waals surface area contributed by atoms with Crippen LogP contribution in [0.4, 0.5) is 13.2 Å². The number of alkyl halides is 3. The normalized spacial score (nSPS) is 13.4. The van der Waals surface area contributed by atoms with Crippen molar-refractivity contribution in [3.8, 4) is 5.75 Å². The lowest BCUT2D eigenvalue weighted by molar-refractivity contribution is -0.138. The first-order valence-electron chi connectivity index (χ1n) is 6.40. The summed E-state index contributed by atoms with van der Waals surface area (Å²) in [5.74, 6) is 0.192. The van der Waals surface area contributed by atoms with Crippen molar-refractivity contribution in [1.29, 1.82) is 0 Å². The van der Waals surface area contributed by atoms with Crippen molar-refractivity contribution in [2.45, 2.75) is 44.8 Å². The van der Waals surface area contributed by atoms with Gasteiger partial charge in [-0.1, -0.05) is 32.3 Å². The molecule has 0 aliphatic rings. The molecule has 5 heteroatoms. The zero-order valence-electron chi connectivity index (χ0n) is 11.3. The van der Waals surface area contributed by atoms with Crippen LogP contribution in [0.15, 0.2) is 18.2 Å². The van der Waals surface area contributed by atoms with Crippen LogP contribution in [-0.2, 0) is 6.18 Å². The second kappa shape index (κ2) is 6.80. The van der Waals surface area contributed by atoms with Crippen molar-refractivity contribution in [2.75, 3.05) is 7.11 Å². The Morgan fingerprint density at radius 2 is 1.95 bits per heavy atom. The van der Waals surface area contributed by atoms with Gasteiger partial charge in [0.25, 0.3) is 0 Å². The molecule has 0 aliphatic carbocycles. The van der Waals surface area contributed by atoms with Crippen LogP contribution in [0.25, 0.3) is 0 Å². The molecule has 0 saturated carbocycles. The molecule has 0 fully saturated rings. The third-order valence-electron chi connectivity index (χ3n) is 3.08. The van der Waals surface area contributed by atoms with E-state index in [1.807, 2.05) is 6.92 Å². The Bertz CT molecular complexity index is 404. The molecule has 0 heterocycles. The number of unbranched alkanes of at least 4 members (excludes halogenated alkanes) is 2. The Morgan fingerprint density at radius 3 is 2.47 bits per heavy atom. The molecule has 0 amide bonds. The highest BCUT2D eigenvalue weighted by atomic mass is 19.4. The maximum absolute atomic E-state index is 13.0. The number of hydrogen-bond acceptors (Lipinski definition) is 2. The lowest BCUT2D eigenvalue weighted by Gasteiger charge is -2.19. The highest BCUT2D eigenvalue weighted by molar-refractivity contribution is 5.39. The SMILES string of the molecule is CCCCC[C@H](N)c1ccc(OC)cc1C(F)(F)F. The Morgan fingerprint density at radius 1 is 1.26 bits per heavy atom. The maximum atomic E-state index is 13.0. The van der Waals surface area contributed by atoms with E-state index in [9.17, 15) is 13.2 Å². The van der Waals surface area contributed by atoms with Gasteiger partial charge in [-0.05, 0) is 24.1 Å². The molecule has 0 aromatic heterocycles. The topological polar surface area (TPSA) is 35.2 Å². The van der Waals surface area contributed by atoms with E-state index in [0.717, 1.165) is 25.3 Å². The summed E-state index contributed by atoms with van der Waals surface area (Å²) in [7, 11) is 1.34. The number of ether oxygens (including phenoxy) is 1. The van der Waals surface area contributed by atoms with Gasteiger partial charge in [0.2, 0.25) is 0 Å². The van der Waals surface area contributed by atoms with Crippen LogP contribution in [0.5, 0.6) is 5.75 Å². The largest absolute Gasteiger partial charge is 0.497 e. The van der Waals surface area contributed by atoms with Gasteiger partial charge >= 0.3 is 6.18 Å². The lowest BCUT2D eigenvalue weighted by Crippen LogP contribution is -2.17. The molecule has 0 radical (unpaired) electrons. The summed E-state index contributed by atoms with van der Waals surface area (Å²) in [4.78, 5) is 0. The zero-order valence-corrected chi connectivity index (χ0v) is 11.3. The van der Waals surface area contributed by atoms with Gasteiger partial charge in [0.15, 0.2) is 0 Å². The molecular formula is C14H20F3NO. The smallest absolute Gasteiger partial charge is 0.416 e. The minimum Gasteiger partial charge on any atom is -0.497 e. The Labute approximate surface area is 111 Å². The summed E-state index contributed by atoms with van der Waals surface area (Å²) < 4.78 is 43.8. The van der Waals surface area contributed by atoms with E-state index in [4.69, 9.17) is 10.5 Å². The van der Waals surface area contributed by atoms with Gasteiger partial charge in [-0.3, -0.25) is 0 Å². The first-order chi connectivity index (χ1) is 8.90. The van der Waals surface area contributed by atoms with Gasteiger partial charge in [-0.25, -0.2) is 0 Å². The van der Waals surface area contributed by atoms with E-state index >= 15 is 0 Å².